The van der Waals surface area contributed by atoms with Crippen LogP contribution in [0.1, 0.15) is 23.5 Å². The third-order valence-electron chi connectivity index (χ3n) is 4.17. The van der Waals surface area contributed by atoms with E-state index in [0.29, 0.717) is 5.82 Å². The van der Waals surface area contributed by atoms with E-state index in [1.165, 1.54) is 5.69 Å². The van der Waals surface area contributed by atoms with E-state index in [4.69, 9.17) is 4.52 Å². The molecule has 21 heavy (non-hydrogen) atoms. The van der Waals surface area contributed by atoms with Crippen molar-refractivity contribution in [3.05, 3.63) is 29.7 Å². The minimum atomic E-state index is 0.187. The van der Waals surface area contributed by atoms with Crippen LogP contribution < -0.4 is 0 Å². The maximum absolute atomic E-state index is 5.35. The maximum Gasteiger partial charge on any atom is 0.245 e. The van der Waals surface area contributed by atoms with Gasteiger partial charge in [0.1, 0.15) is 6.04 Å². The Hall–Kier alpha value is -1.73. The summed E-state index contributed by atoms with van der Waals surface area (Å²) in [6.45, 7) is 5.89. The molecule has 0 amide bonds. The summed E-state index contributed by atoms with van der Waals surface area (Å²) < 4.78 is 7.29. The van der Waals surface area contributed by atoms with Crippen LogP contribution in [-0.4, -0.2) is 62.9 Å². The molecule has 0 spiro atoms. The fourth-order valence-corrected chi connectivity index (χ4v) is 2.77. The van der Waals surface area contributed by atoms with Crippen LogP contribution in [0.3, 0.4) is 0 Å². The van der Waals surface area contributed by atoms with Gasteiger partial charge in [0.15, 0.2) is 5.82 Å². The van der Waals surface area contributed by atoms with Crippen LogP contribution in [0.2, 0.25) is 0 Å². The van der Waals surface area contributed by atoms with E-state index in [0.717, 1.165) is 38.5 Å². The molecule has 7 heteroatoms. The lowest BCUT2D eigenvalue weighted by Gasteiger charge is -2.37. The number of aryl methyl sites for hydroxylation is 2. The monoisotopic (exact) mass is 290 g/mol. The minimum Gasteiger partial charge on any atom is -0.338 e. The average Bonchev–Trinajstić information content (AvgIpc) is 3.07. The molecule has 3 heterocycles. The van der Waals surface area contributed by atoms with Gasteiger partial charge in [-0.25, -0.2) is 0 Å². The van der Waals surface area contributed by atoms with Crippen LogP contribution >= 0.6 is 0 Å². The van der Waals surface area contributed by atoms with Crippen LogP contribution in [0.15, 0.2) is 16.8 Å². The molecule has 3 rings (SSSR count). The zero-order chi connectivity index (χ0) is 14.8. The van der Waals surface area contributed by atoms with Gasteiger partial charge < -0.3 is 4.52 Å². The van der Waals surface area contributed by atoms with Gasteiger partial charge in [-0.3, -0.25) is 14.5 Å². The second-order valence-electron chi connectivity index (χ2n) is 5.67. The predicted octanol–water partition coefficient (Wildman–Crippen LogP) is 0.643. The molecule has 0 aromatic carbocycles. The zero-order valence-electron chi connectivity index (χ0n) is 12.9. The molecule has 0 aliphatic carbocycles. The third-order valence-corrected chi connectivity index (χ3v) is 4.17. The maximum atomic E-state index is 5.35. The Kier molecular flexibility index (Phi) is 4.03. The predicted molar refractivity (Wildman–Crippen MR) is 77.8 cm³/mol. The van der Waals surface area contributed by atoms with Crippen LogP contribution in [0.4, 0.5) is 0 Å². The third kappa shape index (κ3) is 3.14. The summed E-state index contributed by atoms with van der Waals surface area (Å²) in [6, 6.07) is 2.26. The SMILES string of the molecule is Cc1noc(C2CN(CCc3ccnn3C)CCN2C)n1. The van der Waals surface area contributed by atoms with Crippen molar-refractivity contribution in [3.8, 4) is 0 Å². The van der Waals surface area contributed by atoms with E-state index in [1.54, 1.807) is 0 Å². The van der Waals surface area contributed by atoms with Crippen LogP contribution in [0.25, 0.3) is 0 Å². The van der Waals surface area contributed by atoms with Crippen molar-refractivity contribution >= 4 is 0 Å². The Bertz CT molecular complexity index is 592. The summed E-state index contributed by atoms with van der Waals surface area (Å²) in [4.78, 5) is 9.12. The number of likely N-dealkylation sites (N-methyl/N-ethyl adjacent to an activating group) is 1. The quantitative estimate of drug-likeness (QED) is 0.823. The highest BCUT2D eigenvalue weighted by atomic mass is 16.5. The smallest absolute Gasteiger partial charge is 0.245 e. The van der Waals surface area contributed by atoms with Gasteiger partial charge in [0.2, 0.25) is 5.89 Å². The van der Waals surface area contributed by atoms with Crippen LogP contribution in [-0.2, 0) is 13.5 Å². The summed E-state index contributed by atoms with van der Waals surface area (Å²) in [5.74, 6) is 1.42. The Morgan fingerprint density at radius 3 is 2.86 bits per heavy atom. The molecular weight excluding hydrogens is 268 g/mol. The molecular formula is C14H22N6O. The second-order valence-corrected chi connectivity index (χ2v) is 5.67. The molecule has 1 aliphatic rings. The van der Waals surface area contributed by atoms with E-state index in [1.807, 2.05) is 24.9 Å². The van der Waals surface area contributed by atoms with Crippen LogP contribution in [0, 0.1) is 6.92 Å². The minimum absolute atomic E-state index is 0.187. The molecule has 7 nitrogen and oxygen atoms in total. The molecule has 0 N–H and O–H groups in total. The number of aromatic nitrogens is 4. The lowest BCUT2D eigenvalue weighted by molar-refractivity contribution is 0.0764. The average molecular weight is 290 g/mol. The zero-order valence-corrected chi connectivity index (χ0v) is 12.9. The number of rotatable bonds is 4. The first-order valence-electron chi connectivity index (χ1n) is 7.33. The highest BCUT2D eigenvalue weighted by Crippen LogP contribution is 2.22. The molecule has 1 fully saturated rings. The van der Waals surface area contributed by atoms with Gasteiger partial charge >= 0.3 is 0 Å². The van der Waals surface area contributed by atoms with Gasteiger partial charge in [0, 0.05) is 51.5 Å². The fraction of sp³-hybridized carbons (Fsp3) is 0.643. The van der Waals surface area contributed by atoms with Crippen molar-refractivity contribution in [2.45, 2.75) is 19.4 Å². The van der Waals surface area contributed by atoms with E-state index in [9.17, 15) is 0 Å². The second kappa shape index (κ2) is 5.95. The number of piperazine rings is 1. The van der Waals surface area contributed by atoms with Crippen molar-refractivity contribution in [1.82, 2.24) is 29.7 Å². The normalized spacial score (nSPS) is 21.0. The highest BCUT2D eigenvalue weighted by molar-refractivity contribution is 5.01. The highest BCUT2D eigenvalue weighted by Gasteiger charge is 2.29. The summed E-state index contributed by atoms with van der Waals surface area (Å²) in [7, 11) is 4.10. The standard InChI is InChI=1S/C14H22N6O/c1-11-16-14(21-17-11)13-10-20(9-8-18(13)2)7-5-12-4-6-15-19(12)3/h4,6,13H,5,7-10H2,1-3H3. The first kappa shape index (κ1) is 14.2. The Morgan fingerprint density at radius 1 is 1.33 bits per heavy atom. The summed E-state index contributed by atoms with van der Waals surface area (Å²) in [5, 5.41) is 8.12. The van der Waals surface area contributed by atoms with Crippen LogP contribution in [0.5, 0.6) is 0 Å². The van der Waals surface area contributed by atoms with E-state index < -0.39 is 0 Å². The molecule has 0 saturated carbocycles. The molecule has 2 aromatic heterocycles. The first-order chi connectivity index (χ1) is 10.1. The molecule has 1 aliphatic heterocycles. The summed E-state index contributed by atoms with van der Waals surface area (Å²) in [6.07, 6.45) is 2.86. The van der Waals surface area contributed by atoms with Crippen molar-refractivity contribution in [3.63, 3.8) is 0 Å². The van der Waals surface area contributed by atoms with Crippen molar-refractivity contribution in [1.29, 1.82) is 0 Å². The van der Waals surface area contributed by atoms with Gasteiger partial charge in [-0.1, -0.05) is 5.16 Å². The van der Waals surface area contributed by atoms with Crippen molar-refractivity contribution in [2.75, 3.05) is 33.2 Å². The topological polar surface area (TPSA) is 63.2 Å². The van der Waals surface area contributed by atoms with E-state index in [2.05, 4.69) is 38.2 Å². The lowest BCUT2D eigenvalue weighted by Crippen LogP contribution is -2.47. The molecule has 1 saturated heterocycles. The number of nitrogens with zero attached hydrogens (tertiary/aromatic N) is 6. The fourth-order valence-electron chi connectivity index (χ4n) is 2.77. The van der Waals surface area contributed by atoms with Gasteiger partial charge in [-0.2, -0.15) is 10.1 Å². The number of hydrogen-bond acceptors (Lipinski definition) is 6. The number of hydrogen-bond donors (Lipinski definition) is 0. The lowest BCUT2D eigenvalue weighted by atomic mass is 10.1. The Balaban J connectivity index is 1.61. The van der Waals surface area contributed by atoms with Gasteiger partial charge in [0.25, 0.3) is 0 Å². The summed E-state index contributed by atoms with van der Waals surface area (Å²) >= 11 is 0. The Labute approximate surface area is 124 Å². The summed E-state index contributed by atoms with van der Waals surface area (Å²) in [5.41, 5.74) is 1.26. The molecule has 114 valence electrons. The van der Waals surface area contributed by atoms with E-state index >= 15 is 0 Å². The largest absolute Gasteiger partial charge is 0.338 e. The van der Waals surface area contributed by atoms with Crippen molar-refractivity contribution in [2.24, 2.45) is 7.05 Å². The first-order valence-corrected chi connectivity index (χ1v) is 7.33. The molecule has 2 aromatic rings. The van der Waals surface area contributed by atoms with Gasteiger partial charge in [-0.15, -0.1) is 0 Å². The Morgan fingerprint density at radius 2 is 2.19 bits per heavy atom. The molecule has 0 radical (unpaired) electrons. The van der Waals surface area contributed by atoms with Crippen molar-refractivity contribution < 1.29 is 4.52 Å². The van der Waals surface area contributed by atoms with Gasteiger partial charge in [0.05, 0.1) is 0 Å². The molecule has 1 unspecified atom stereocenters. The van der Waals surface area contributed by atoms with E-state index in [-0.39, 0.29) is 6.04 Å². The molecule has 0 bridgehead atoms. The van der Waals surface area contributed by atoms with Gasteiger partial charge in [-0.05, 0) is 20.0 Å². The molecule has 1 atom stereocenters.